The number of piperidine rings is 1. The van der Waals surface area contributed by atoms with Gasteiger partial charge < -0.3 is 14.8 Å². The minimum atomic E-state index is -0.881. The zero-order chi connectivity index (χ0) is 20.1. The lowest BCUT2D eigenvalue weighted by atomic mass is 9.90. The van der Waals surface area contributed by atoms with Crippen molar-refractivity contribution < 1.29 is 14.7 Å². The van der Waals surface area contributed by atoms with Gasteiger partial charge >= 0.3 is 6.09 Å². The van der Waals surface area contributed by atoms with Crippen molar-refractivity contribution in [2.75, 3.05) is 19.3 Å². The molecule has 0 bridgehead atoms. The molecule has 0 aromatic carbocycles. The van der Waals surface area contributed by atoms with Crippen LogP contribution in [0.2, 0.25) is 5.15 Å². The van der Waals surface area contributed by atoms with Gasteiger partial charge in [0.15, 0.2) is 10.9 Å². The first-order valence-corrected chi connectivity index (χ1v) is 10.3. The number of hydrogen-bond acceptors (Lipinski definition) is 7. The van der Waals surface area contributed by atoms with Gasteiger partial charge in [0, 0.05) is 49.1 Å². The molecule has 0 saturated carbocycles. The van der Waals surface area contributed by atoms with Crippen molar-refractivity contribution in [3.05, 3.63) is 40.9 Å². The van der Waals surface area contributed by atoms with Crippen molar-refractivity contribution in [3.8, 4) is 5.75 Å². The predicted octanol–water partition coefficient (Wildman–Crippen LogP) is 3.91. The number of rotatable bonds is 5. The average molecular weight is 422 g/mol. The van der Waals surface area contributed by atoms with E-state index in [9.17, 15) is 4.79 Å². The zero-order valence-electron chi connectivity index (χ0n) is 15.5. The Labute approximate surface area is 172 Å². The molecular formula is C18H20ClN5O3S. The van der Waals surface area contributed by atoms with E-state index >= 15 is 0 Å². The van der Waals surface area contributed by atoms with Crippen LogP contribution in [0.3, 0.4) is 0 Å². The number of halogens is 1. The van der Waals surface area contributed by atoms with Gasteiger partial charge in [-0.25, -0.2) is 19.7 Å². The number of carbonyl (C=O) groups is 1. The first-order chi connectivity index (χ1) is 13.5. The third-order valence-corrected chi connectivity index (χ3v) is 5.28. The van der Waals surface area contributed by atoms with Crippen LogP contribution in [-0.4, -0.2) is 56.1 Å². The summed E-state index contributed by atoms with van der Waals surface area (Å²) in [4.78, 5) is 31.0. The molecule has 2 aromatic rings. The van der Waals surface area contributed by atoms with E-state index in [1.165, 1.54) is 16.7 Å². The lowest BCUT2D eigenvalue weighted by molar-refractivity contribution is 0.131. The molecule has 1 fully saturated rings. The van der Waals surface area contributed by atoms with Crippen molar-refractivity contribution in [2.45, 2.75) is 30.8 Å². The summed E-state index contributed by atoms with van der Waals surface area (Å²) in [6, 6.07) is 3.24. The minimum Gasteiger partial charge on any atom is -0.465 e. The first-order valence-electron chi connectivity index (χ1n) is 8.70. The second-order valence-electron chi connectivity index (χ2n) is 6.28. The molecule has 0 atom stereocenters. The predicted molar refractivity (Wildman–Crippen MR) is 107 cm³/mol. The Bertz CT molecular complexity index is 887. The summed E-state index contributed by atoms with van der Waals surface area (Å²) in [6.45, 7) is 2.80. The maximum Gasteiger partial charge on any atom is 0.407 e. The molecule has 3 heterocycles. The topological polar surface area (TPSA) is 101 Å². The van der Waals surface area contributed by atoms with E-state index in [-0.39, 0.29) is 5.92 Å². The van der Waals surface area contributed by atoms with Crippen molar-refractivity contribution in [3.63, 3.8) is 0 Å². The number of carboxylic acid groups (broad SMARTS) is 1. The summed E-state index contributed by atoms with van der Waals surface area (Å²) in [6.07, 6.45) is 5.74. The third kappa shape index (κ3) is 4.90. The Balaban J connectivity index is 1.84. The number of amides is 1. The monoisotopic (exact) mass is 421 g/mol. The Kier molecular flexibility index (Phi) is 6.69. The number of nitrogens with zero attached hydrogens (tertiary/aromatic N) is 5. The Morgan fingerprint density at radius 2 is 2.14 bits per heavy atom. The molecule has 1 amide bonds. The number of hydrogen-bond donors (Lipinski definition) is 1. The highest BCUT2D eigenvalue weighted by molar-refractivity contribution is 7.98. The Morgan fingerprint density at radius 1 is 1.39 bits per heavy atom. The number of pyridine rings is 1. The molecule has 1 aliphatic heterocycles. The highest BCUT2D eigenvalue weighted by Crippen LogP contribution is 2.30. The molecule has 0 unspecified atom stereocenters. The van der Waals surface area contributed by atoms with Gasteiger partial charge in [-0.2, -0.15) is 0 Å². The summed E-state index contributed by atoms with van der Waals surface area (Å²) >= 11 is 7.33. The van der Waals surface area contributed by atoms with Gasteiger partial charge in [0.25, 0.3) is 0 Å². The van der Waals surface area contributed by atoms with Crippen LogP contribution in [0.15, 0.2) is 34.8 Å². The van der Waals surface area contributed by atoms with E-state index < -0.39 is 6.09 Å². The summed E-state index contributed by atoms with van der Waals surface area (Å²) in [7, 11) is 0. The van der Waals surface area contributed by atoms with Crippen LogP contribution in [-0.2, 0) is 0 Å². The fourth-order valence-corrected chi connectivity index (χ4v) is 3.53. The summed E-state index contributed by atoms with van der Waals surface area (Å²) in [5.74, 6) is 0.623. The van der Waals surface area contributed by atoms with E-state index in [0.29, 0.717) is 47.7 Å². The zero-order valence-corrected chi connectivity index (χ0v) is 17.1. The fourth-order valence-electron chi connectivity index (χ4n) is 3.02. The largest absolute Gasteiger partial charge is 0.465 e. The molecule has 0 spiro atoms. The Morgan fingerprint density at radius 3 is 2.79 bits per heavy atom. The lowest BCUT2D eigenvalue weighted by Crippen LogP contribution is -2.37. The second-order valence-corrected chi connectivity index (χ2v) is 7.44. The maximum atomic E-state index is 11.2. The molecular weight excluding hydrogens is 402 g/mol. The summed E-state index contributed by atoms with van der Waals surface area (Å²) < 4.78 is 0. The van der Waals surface area contributed by atoms with E-state index in [0.717, 1.165) is 11.3 Å². The van der Waals surface area contributed by atoms with E-state index in [2.05, 4.69) is 15.1 Å². The Hall–Kier alpha value is -2.39. The molecule has 0 radical (unpaired) electrons. The summed E-state index contributed by atoms with van der Waals surface area (Å²) in [5.41, 5.74) is 2.31. The van der Waals surface area contributed by atoms with E-state index in [1.807, 2.05) is 13.2 Å². The van der Waals surface area contributed by atoms with Crippen LogP contribution in [0, 0.1) is 0 Å². The van der Waals surface area contributed by atoms with Gasteiger partial charge in [0.1, 0.15) is 5.15 Å². The molecule has 1 saturated heterocycles. The summed E-state index contributed by atoms with van der Waals surface area (Å²) in [5, 5.41) is 14.4. The molecule has 148 valence electrons. The number of oxime groups is 1. The van der Waals surface area contributed by atoms with Crippen LogP contribution in [0.25, 0.3) is 0 Å². The highest BCUT2D eigenvalue weighted by Gasteiger charge is 2.27. The van der Waals surface area contributed by atoms with E-state index in [4.69, 9.17) is 26.5 Å². The molecule has 1 N–H and O–H groups in total. The van der Waals surface area contributed by atoms with Crippen molar-refractivity contribution in [1.29, 1.82) is 0 Å². The van der Waals surface area contributed by atoms with Crippen LogP contribution in [0.4, 0.5) is 4.79 Å². The first kappa shape index (κ1) is 20.3. The highest BCUT2D eigenvalue weighted by atomic mass is 35.5. The van der Waals surface area contributed by atoms with Gasteiger partial charge in [-0.3, -0.25) is 0 Å². The number of aromatic nitrogens is 3. The van der Waals surface area contributed by atoms with Crippen molar-refractivity contribution in [2.24, 2.45) is 5.16 Å². The van der Waals surface area contributed by atoms with Crippen LogP contribution in [0.1, 0.15) is 36.9 Å². The molecule has 28 heavy (non-hydrogen) atoms. The lowest BCUT2D eigenvalue weighted by Gasteiger charge is -2.30. The average Bonchev–Trinajstić information content (AvgIpc) is 2.71. The molecule has 10 heteroatoms. The third-order valence-electron chi connectivity index (χ3n) is 4.51. The van der Waals surface area contributed by atoms with Crippen LogP contribution >= 0.6 is 23.4 Å². The van der Waals surface area contributed by atoms with Gasteiger partial charge in [-0.05, 0) is 26.0 Å². The quantitative estimate of drug-likeness (QED) is 0.257. The normalized spacial score (nSPS) is 15.5. The molecule has 0 aliphatic carbocycles. The van der Waals surface area contributed by atoms with Gasteiger partial charge in [0.2, 0.25) is 0 Å². The smallest absolute Gasteiger partial charge is 0.407 e. The standard InChI is InChI=1S/C18H20ClN5O3S/c1-11(23-27-13-3-6-20-15(19)9-13)14-10-21-17(28-2)22-16(14)12-4-7-24(8-5-12)18(25)26/h3,6,9-10,12H,4-5,7-8H2,1-2H3,(H,25,26)/b23-11-. The van der Waals surface area contributed by atoms with Gasteiger partial charge in [0.05, 0.1) is 11.4 Å². The van der Waals surface area contributed by atoms with Gasteiger partial charge in [-0.1, -0.05) is 28.5 Å². The van der Waals surface area contributed by atoms with E-state index in [1.54, 1.807) is 24.5 Å². The molecule has 8 nitrogen and oxygen atoms in total. The SMILES string of the molecule is CSc1ncc(/C(C)=N\Oc2ccnc(Cl)c2)c(C2CCN(C(=O)O)CC2)n1. The van der Waals surface area contributed by atoms with Crippen LogP contribution < -0.4 is 4.84 Å². The molecule has 1 aliphatic rings. The van der Waals surface area contributed by atoms with Crippen molar-refractivity contribution in [1.82, 2.24) is 19.9 Å². The van der Waals surface area contributed by atoms with Crippen molar-refractivity contribution >= 4 is 35.2 Å². The second kappa shape index (κ2) is 9.20. The maximum absolute atomic E-state index is 11.2. The number of thioether (sulfide) groups is 1. The molecule has 2 aromatic heterocycles. The minimum absolute atomic E-state index is 0.139. The van der Waals surface area contributed by atoms with Gasteiger partial charge in [-0.15, -0.1) is 0 Å². The fraction of sp³-hybridized carbons (Fsp3) is 0.389. The number of likely N-dealkylation sites (tertiary alicyclic amines) is 1. The van der Waals surface area contributed by atoms with Crippen LogP contribution in [0.5, 0.6) is 5.75 Å². The molecule has 3 rings (SSSR count).